The number of fused-ring (bicyclic) bond motifs is 4. The number of hydrogen-bond acceptors (Lipinski definition) is 8. The monoisotopic (exact) mass is 592 g/mol. The Hall–Kier alpha value is -4.78. The second-order valence-electron chi connectivity index (χ2n) is 9.93. The number of nitrogens with zero attached hydrogens (tertiary/aromatic N) is 7. The molecular weight excluding hydrogens is 570 g/mol. The lowest BCUT2D eigenvalue weighted by atomic mass is 9.88. The molecule has 2 atom stereocenters. The van der Waals surface area contributed by atoms with Crippen molar-refractivity contribution < 1.29 is 18.0 Å². The normalized spacial score (nSPS) is 17.3. The number of benzene rings is 1. The van der Waals surface area contributed by atoms with Gasteiger partial charge >= 0.3 is 12.2 Å². The molecule has 214 valence electrons. The molecule has 0 saturated carbocycles. The van der Waals surface area contributed by atoms with Gasteiger partial charge in [-0.15, -0.1) is 5.10 Å². The van der Waals surface area contributed by atoms with Gasteiger partial charge in [-0.1, -0.05) is 24.9 Å². The number of anilines is 1. The van der Waals surface area contributed by atoms with Crippen molar-refractivity contribution in [2.75, 3.05) is 5.32 Å². The molecule has 0 unspecified atom stereocenters. The Morgan fingerprint density at radius 1 is 1.12 bits per heavy atom. The third-order valence-corrected chi connectivity index (χ3v) is 7.51. The zero-order valence-corrected chi connectivity index (χ0v) is 22.9. The van der Waals surface area contributed by atoms with Crippen molar-refractivity contribution in [1.82, 2.24) is 35.0 Å². The van der Waals surface area contributed by atoms with Crippen molar-refractivity contribution in [3.8, 4) is 28.3 Å². The molecule has 0 radical (unpaired) electrons. The standard InChI is InChI=1S/C28H23ClF2N8O3/c1-15-3-2-4-18(21-11-16(9-10-32-21)25-22(35-26(15)40)13-34-39(25)28(30)31)19-6-8-24(42-27(19)41)20-12-17(29)5-7-23(20)38-14-33-36-37-38/h5-15,18,28H,2-4H2,1H3,(H,35,40)/t15-,18+/m0/s1. The molecule has 14 heteroatoms. The summed E-state index contributed by atoms with van der Waals surface area (Å²) in [6, 6.07) is 11.6. The average molecular weight is 593 g/mol. The second kappa shape index (κ2) is 11.2. The number of aromatic nitrogens is 7. The van der Waals surface area contributed by atoms with E-state index in [4.69, 9.17) is 16.0 Å². The minimum atomic E-state index is -2.94. The first-order chi connectivity index (χ1) is 20.3. The maximum Gasteiger partial charge on any atom is 0.340 e. The van der Waals surface area contributed by atoms with Crippen LogP contribution >= 0.6 is 11.6 Å². The van der Waals surface area contributed by atoms with E-state index in [0.717, 1.165) is 0 Å². The van der Waals surface area contributed by atoms with Crippen LogP contribution in [0.25, 0.3) is 28.3 Å². The van der Waals surface area contributed by atoms with Crippen LogP contribution in [0.1, 0.15) is 49.9 Å². The highest BCUT2D eigenvalue weighted by Gasteiger charge is 2.27. The van der Waals surface area contributed by atoms with Crippen LogP contribution in [0.5, 0.6) is 0 Å². The summed E-state index contributed by atoms with van der Waals surface area (Å²) in [7, 11) is 0. The molecule has 5 aromatic rings. The van der Waals surface area contributed by atoms with Crippen molar-refractivity contribution in [2.45, 2.75) is 38.7 Å². The van der Waals surface area contributed by atoms with E-state index in [9.17, 15) is 18.4 Å². The number of amides is 1. The van der Waals surface area contributed by atoms with Crippen LogP contribution in [0, 0.1) is 5.92 Å². The van der Waals surface area contributed by atoms with Crippen LogP contribution in [0.4, 0.5) is 14.5 Å². The highest BCUT2D eigenvalue weighted by molar-refractivity contribution is 6.31. The number of carbonyl (C=O) groups excluding carboxylic acids is 1. The number of carbonyl (C=O) groups is 1. The van der Waals surface area contributed by atoms with Crippen molar-refractivity contribution in [3.05, 3.63) is 87.9 Å². The van der Waals surface area contributed by atoms with Gasteiger partial charge in [0, 0.05) is 45.4 Å². The maximum atomic E-state index is 13.9. The van der Waals surface area contributed by atoms with Crippen LogP contribution < -0.4 is 10.9 Å². The molecule has 0 saturated heterocycles. The Labute approximate surface area is 242 Å². The summed E-state index contributed by atoms with van der Waals surface area (Å²) >= 11 is 6.26. The van der Waals surface area contributed by atoms with Crippen LogP contribution in [0.15, 0.2) is 70.4 Å². The summed E-state index contributed by atoms with van der Waals surface area (Å²) in [6.45, 7) is -1.17. The highest BCUT2D eigenvalue weighted by Crippen LogP contribution is 2.36. The number of tetrazole rings is 1. The van der Waals surface area contributed by atoms with E-state index in [1.807, 2.05) is 0 Å². The number of rotatable bonds is 4. The summed E-state index contributed by atoms with van der Waals surface area (Å²) in [5, 5.41) is 18.2. The number of halogens is 3. The van der Waals surface area contributed by atoms with Gasteiger partial charge in [-0.3, -0.25) is 9.78 Å². The van der Waals surface area contributed by atoms with E-state index in [0.29, 0.717) is 57.0 Å². The minimum Gasteiger partial charge on any atom is -0.422 e. The fourth-order valence-electron chi connectivity index (χ4n) is 5.16. The molecule has 2 bridgehead atoms. The van der Waals surface area contributed by atoms with Crippen molar-refractivity contribution in [3.63, 3.8) is 0 Å². The summed E-state index contributed by atoms with van der Waals surface area (Å²) in [6.07, 6.45) is 5.67. The van der Waals surface area contributed by atoms with E-state index in [2.05, 4.69) is 30.9 Å². The highest BCUT2D eigenvalue weighted by atomic mass is 35.5. The molecule has 1 aromatic carbocycles. The van der Waals surface area contributed by atoms with Gasteiger partial charge in [-0.25, -0.2) is 9.48 Å². The molecule has 1 aliphatic heterocycles. The molecule has 5 heterocycles. The fourth-order valence-corrected chi connectivity index (χ4v) is 5.33. The van der Waals surface area contributed by atoms with Gasteiger partial charge < -0.3 is 9.73 Å². The van der Waals surface area contributed by atoms with Gasteiger partial charge in [0.05, 0.1) is 23.3 Å². The maximum absolute atomic E-state index is 13.9. The van der Waals surface area contributed by atoms with Crippen molar-refractivity contribution >= 4 is 23.2 Å². The minimum absolute atomic E-state index is 0.0481. The molecule has 0 spiro atoms. The molecule has 0 fully saturated rings. The predicted molar refractivity (Wildman–Crippen MR) is 148 cm³/mol. The topological polar surface area (TPSA) is 134 Å². The van der Waals surface area contributed by atoms with Gasteiger partial charge in [0.1, 0.15) is 12.1 Å². The van der Waals surface area contributed by atoms with Gasteiger partial charge in [0.25, 0.3) is 0 Å². The molecule has 4 aromatic heterocycles. The molecule has 42 heavy (non-hydrogen) atoms. The van der Waals surface area contributed by atoms with Crippen molar-refractivity contribution in [1.29, 1.82) is 0 Å². The van der Waals surface area contributed by atoms with Gasteiger partial charge in [-0.2, -0.15) is 18.6 Å². The lowest BCUT2D eigenvalue weighted by Gasteiger charge is -2.20. The van der Waals surface area contributed by atoms with Gasteiger partial charge in [0.2, 0.25) is 5.91 Å². The molecule has 11 nitrogen and oxygen atoms in total. The summed E-state index contributed by atoms with van der Waals surface area (Å²) in [5.74, 6) is -0.997. The SMILES string of the molecule is C[C@H]1CCC[C@H](c2ccc(-c3cc(Cl)ccc3-n3cnnn3)oc2=O)c2cc(ccn2)-c2c(cnn2C(F)F)NC1=O. The number of nitrogens with one attached hydrogen (secondary N) is 1. The average Bonchev–Trinajstić information content (AvgIpc) is 3.66. The van der Waals surface area contributed by atoms with Crippen LogP contribution in [0.2, 0.25) is 5.02 Å². The summed E-state index contributed by atoms with van der Waals surface area (Å²) in [5.41, 5.74) is 1.89. The summed E-state index contributed by atoms with van der Waals surface area (Å²) in [4.78, 5) is 30.9. The third-order valence-electron chi connectivity index (χ3n) is 7.28. The Kier molecular flexibility index (Phi) is 7.33. The number of hydrogen-bond donors (Lipinski definition) is 1. The smallest absolute Gasteiger partial charge is 0.340 e. The zero-order valence-electron chi connectivity index (χ0n) is 22.1. The predicted octanol–water partition coefficient (Wildman–Crippen LogP) is 5.48. The van der Waals surface area contributed by atoms with E-state index in [1.165, 1.54) is 23.4 Å². The van der Waals surface area contributed by atoms with E-state index in [-0.39, 0.29) is 23.0 Å². The Morgan fingerprint density at radius 2 is 1.98 bits per heavy atom. The van der Waals surface area contributed by atoms with E-state index < -0.39 is 24.0 Å². The van der Waals surface area contributed by atoms with Crippen molar-refractivity contribution in [2.24, 2.45) is 5.92 Å². The third kappa shape index (κ3) is 5.18. The largest absolute Gasteiger partial charge is 0.422 e. The molecular formula is C28H23ClF2N8O3. The van der Waals surface area contributed by atoms with Gasteiger partial charge in [0.15, 0.2) is 0 Å². The molecule has 0 aliphatic carbocycles. The number of alkyl halides is 2. The van der Waals surface area contributed by atoms with E-state index in [1.54, 1.807) is 49.4 Å². The van der Waals surface area contributed by atoms with E-state index >= 15 is 0 Å². The first-order valence-corrected chi connectivity index (χ1v) is 13.5. The van der Waals surface area contributed by atoms with Crippen LogP contribution in [0.3, 0.4) is 0 Å². The Bertz CT molecular complexity index is 1820. The Balaban J connectivity index is 1.45. The lowest BCUT2D eigenvalue weighted by Crippen LogP contribution is -2.22. The van der Waals surface area contributed by atoms with Crippen LogP contribution in [-0.2, 0) is 4.79 Å². The summed E-state index contributed by atoms with van der Waals surface area (Å²) < 4.78 is 35.6. The lowest BCUT2D eigenvalue weighted by molar-refractivity contribution is -0.119. The first kappa shape index (κ1) is 27.4. The molecule has 1 N–H and O–H groups in total. The molecule has 1 aliphatic rings. The first-order valence-electron chi connectivity index (χ1n) is 13.1. The fraction of sp³-hybridized carbons (Fsp3) is 0.250. The molecule has 6 rings (SSSR count). The molecule has 1 amide bonds. The Morgan fingerprint density at radius 3 is 2.74 bits per heavy atom. The second-order valence-corrected chi connectivity index (χ2v) is 10.4. The van der Waals surface area contributed by atoms with Crippen LogP contribution in [-0.4, -0.2) is 40.9 Å². The number of pyridine rings is 1. The van der Waals surface area contributed by atoms with Gasteiger partial charge in [-0.05, 0) is 65.7 Å². The quantitative estimate of drug-likeness (QED) is 0.290. The zero-order chi connectivity index (χ0) is 29.4.